The molecule has 1 nitrogen and oxygen atoms in total. The van der Waals surface area contributed by atoms with E-state index in [1.165, 1.54) is 12.1 Å². The summed E-state index contributed by atoms with van der Waals surface area (Å²) < 4.78 is 38.2. The Balaban J connectivity index is 2.06. The van der Waals surface area contributed by atoms with E-state index in [9.17, 15) is 13.2 Å². The topological polar surface area (TPSA) is 26.0 Å². The fraction of sp³-hybridized carbons (Fsp3) is 0.600. The Labute approximate surface area is 132 Å². The van der Waals surface area contributed by atoms with Gasteiger partial charge >= 0.3 is 6.18 Å². The summed E-state index contributed by atoms with van der Waals surface area (Å²) in [7, 11) is 0. The van der Waals surface area contributed by atoms with Gasteiger partial charge in [0, 0.05) is 28.0 Å². The molecule has 0 saturated carbocycles. The number of hydrogen-bond donors (Lipinski definition) is 1. The Morgan fingerprint density at radius 2 is 2.00 bits per heavy atom. The Morgan fingerprint density at radius 1 is 1.29 bits per heavy atom. The number of rotatable bonds is 4. The third-order valence-corrected chi connectivity index (χ3v) is 7.07. The van der Waals surface area contributed by atoms with Crippen LogP contribution in [0.4, 0.5) is 13.2 Å². The van der Waals surface area contributed by atoms with Crippen LogP contribution >= 0.6 is 23.5 Å². The Kier molecular flexibility index (Phi) is 5.91. The van der Waals surface area contributed by atoms with E-state index < -0.39 is 11.7 Å². The van der Waals surface area contributed by atoms with Crippen LogP contribution in [0.2, 0.25) is 0 Å². The van der Waals surface area contributed by atoms with Gasteiger partial charge in [0.15, 0.2) is 0 Å². The molecular formula is C15H20F3NS2. The molecule has 1 saturated heterocycles. The quantitative estimate of drug-likeness (QED) is 0.893. The maximum atomic E-state index is 12.7. The molecule has 2 rings (SSSR count). The zero-order valence-electron chi connectivity index (χ0n) is 11.9. The van der Waals surface area contributed by atoms with Crippen LogP contribution in [0.1, 0.15) is 24.5 Å². The van der Waals surface area contributed by atoms with E-state index in [1.807, 2.05) is 23.5 Å². The molecule has 118 valence electrons. The van der Waals surface area contributed by atoms with Crippen LogP contribution < -0.4 is 5.73 Å². The molecule has 6 heteroatoms. The molecule has 0 spiro atoms. The first-order chi connectivity index (χ1) is 9.91. The summed E-state index contributed by atoms with van der Waals surface area (Å²) in [5.41, 5.74) is 6.37. The van der Waals surface area contributed by atoms with Gasteiger partial charge in [0.1, 0.15) is 0 Å². The van der Waals surface area contributed by atoms with Gasteiger partial charge in [0.05, 0.1) is 5.56 Å². The largest absolute Gasteiger partial charge is 0.416 e. The second-order valence-electron chi connectivity index (χ2n) is 5.22. The summed E-state index contributed by atoms with van der Waals surface area (Å²) in [6, 6.07) is 5.43. The van der Waals surface area contributed by atoms with Crippen molar-refractivity contribution in [2.75, 3.05) is 11.5 Å². The highest BCUT2D eigenvalue weighted by Crippen LogP contribution is 2.36. The molecule has 1 aliphatic heterocycles. The fourth-order valence-electron chi connectivity index (χ4n) is 2.60. The molecule has 1 aliphatic rings. The van der Waals surface area contributed by atoms with Crippen LogP contribution in [0.3, 0.4) is 0 Å². The maximum Gasteiger partial charge on any atom is 0.416 e. The van der Waals surface area contributed by atoms with Crippen molar-refractivity contribution >= 4 is 23.5 Å². The normalized spacial score (nSPS) is 24.8. The minimum atomic E-state index is -4.29. The summed E-state index contributed by atoms with van der Waals surface area (Å²) in [4.78, 5) is 0. The van der Waals surface area contributed by atoms with Crippen LogP contribution in [0.5, 0.6) is 0 Å². The van der Waals surface area contributed by atoms with Gasteiger partial charge in [-0.2, -0.15) is 36.7 Å². The second-order valence-corrected chi connectivity index (χ2v) is 7.85. The molecule has 0 bridgehead atoms. The van der Waals surface area contributed by atoms with Gasteiger partial charge in [0.25, 0.3) is 0 Å². The molecule has 0 radical (unpaired) electrons. The summed E-state index contributed by atoms with van der Waals surface area (Å²) in [6.45, 7) is 2.15. The molecule has 1 aromatic carbocycles. The van der Waals surface area contributed by atoms with Crippen molar-refractivity contribution in [1.82, 2.24) is 0 Å². The van der Waals surface area contributed by atoms with Gasteiger partial charge in [-0.25, -0.2) is 0 Å². The minimum Gasteiger partial charge on any atom is -0.326 e. The Morgan fingerprint density at radius 3 is 2.67 bits per heavy atom. The van der Waals surface area contributed by atoms with E-state index in [4.69, 9.17) is 5.73 Å². The number of benzene rings is 1. The van der Waals surface area contributed by atoms with Gasteiger partial charge in [-0.05, 0) is 24.5 Å². The fourth-order valence-corrected chi connectivity index (χ4v) is 5.79. The van der Waals surface area contributed by atoms with E-state index in [2.05, 4.69) is 6.92 Å². The first-order valence-electron chi connectivity index (χ1n) is 7.06. The molecule has 1 fully saturated rings. The van der Waals surface area contributed by atoms with E-state index in [1.54, 1.807) is 6.07 Å². The lowest BCUT2D eigenvalue weighted by Crippen LogP contribution is -2.43. The van der Waals surface area contributed by atoms with E-state index >= 15 is 0 Å². The van der Waals surface area contributed by atoms with Crippen LogP contribution in [-0.4, -0.2) is 28.0 Å². The SMILES string of the molecule is CCC1SCCSC1C(N)Cc1cccc(C(F)(F)F)c1. The monoisotopic (exact) mass is 335 g/mol. The van der Waals surface area contributed by atoms with Crippen LogP contribution in [-0.2, 0) is 12.6 Å². The number of nitrogens with two attached hydrogens (primary N) is 1. The van der Waals surface area contributed by atoms with Crippen molar-refractivity contribution in [2.45, 2.75) is 42.5 Å². The molecule has 3 atom stereocenters. The van der Waals surface area contributed by atoms with Crippen LogP contribution in [0.25, 0.3) is 0 Å². The molecule has 0 aliphatic carbocycles. The molecule has 2 N–H and O–H groups in total. The van der Waals surface area contributed by atoms with Gasteiger partial charge in [-0.1, -0.05) is 25.1 Å². The third-order valence-electron chi connectivity index (χ3n) is 3.64. The molecule has 0 amide bonds. The maximum absolute atomic E-state index is 12.7. The third kappa shape index (κ3) is 4.57. The average Bonchev–Trinajstić information content (AvgIpc) is 2.46. The summed E-state index contributed by atoms with van der Waals surface area (Å²) in [5, 5.41) is 0.827. The number of thioether (sulfide) groups is 2. The smallest absolute Gasteiger partial charge is 0.326 e. The van der Waals surface area contributed by atoms with Crippen molar-refractivity contribution < 1.29 is 13.2 Å². The zero-order chi connectivity index (χ0) is 15.5. The molecule has 0 aromatic heterocycles. The highest BCUT2D eigenvalue weighted by atomic mass is 32.2. The molecule has 21 heavy (non-hydrogen) atoms. The first kappa shape index (κ1) is 17.0. The molecular weight excluding hydrogens is 315 g/mol. The van der Waals surface area contributed by atoms with E-state index in [-0.39, 0.29) is 6.04 Å². The Bertz CT molecular complexity index is 464. The molecule has 1 aromatic rings. The van der Waals surface area contributed by atoms with Crippen LogP contribution in [0.15, 0.2) is 24.3 Å². The summed E-state index contributed by atoms with van der Waals surface area (Å²) in [5.74, 6) is 2.21. The molecule has 1 heterocycles. The van der Waals surface area contributed by atoms with Crippen molar-refractivity contribution in [3.8, 4) is 0 Å². The predicted octanol–water partition coefficient (Wildman–Crippen LogP) is 4.20. The lowest BCUT2D eigenvalue weighted by molar-refractivity contribution is -0.137. The highest BCUT2D eigenvalue weighted by Gasteiger charge is 2.32. The van der Waals surface area contributed by atoms with Crippen molar-refractivity contribution in [1.29, 1.82) is 0 Å². The predicted molar refractivity (Wildman–Crippen MR) is 85.9 cm³/mol. The Hall–Kier alpha value is -0.330. The summed E-state index contributed by atoms with van der Waals surface area (Å²) >= 11 is 3.80. The van der Waals surface area contributed by atoms with Crippen molar-refractivity contribution in [3.05, 3.63) is 35.4 Å². The van der Waals surface area contributed by atoms with Gasteiger partial charge in [-0.15, -0.1) is 0 Å². The lowest BCUT2D eigenvalue weighted by atomic mass is 9.99. The van der Waals surface area contributed by atoms with Gasteiger partial charge in [0.2, 0.25) is 0 Å². The number of hydrogen-bond acceptors (Lipinski definition) is 3. The van der Waals surface area contributed by atoms with E-state index in [0.29, 0.717) is 22.5 Å². The average molecular weight is 335 g/mol. The number of alkyl halides is 3. The highest BCUT2D eigenvalue weighted by molar-refractivity contribution is 8.07. The second kappa shape index (κ2) is 7.29. The lowest BCUT2D eigenvalue weighted by Gasteiger charge is -2.34. The zero-order valence-corrected chi connectivity index (χ0v) is 13.5. The van der Waals surface area contributed by atoms with Gasteiger partial charge < -0.3 is 5.73 Å². The van der Waals surface area contributed by atoms with Crippen LogP contribution in [0, 0.1) is 0 Å². The minimum absolute atomic E-state index is 0.101. The summed E-state index contributed by atoms with van der Waals surface area (Å²) in [6.07, 6.45) is -2.74. The number of halogens is 3. The molecule has 3 unspecified atom stereocenters. The first-order valence-corrected chi connectivity index (χ1v) is 9.16. The van der Waals surface area contributed by atoms with Crippen molar-refractivity contribution in [3.63, 3.8) is 0 Å². The standard InChI is InChI=1S/C15H20F3NS2/c1-2-13-14(21-7-6-20-13)12(19)9-10-4-3-5-11(8-10)15(16,17)18/h3-5,8,12-14H,2,6-7,9,19H2,1H3. The van der Waals surface area contributed by atoms with Crippen molar-refractivity contribution in [2.24, 2.45) is 5.73 Å². The van der Waals surface area contributed by atoms with E-state index in [0.717, 1.165) is 24.0 Å². The van der Waals surface area contributed by atoms with Gasteiger partial charge in [-0.3, -0.25) is 0 Å².